The lowest BCUT2D eigenvalue weighted by molar-refractivity contribution is -0.147. The van der Waals surface area contributed by atoms with Crippen molar-refractivity contribution in [1.29, 1.82) is 0 Å². The first-order valence-corrected chi connectivity index (χ1v) is 8.11. The topological polar surface area (TPSA) is 52.6 Å². The van der Waals surface area contributed by atoms with E-state index in [1.54, 1.807) is 13.8 Å². The zero-order chi connectivity index (χ0) is 15.5. The van der Waals surface area contributed by atoms with Crippen LogP contribution < -0.4 is 0 Å². The SMILES string of the molecule is CCCC1CC2(CC(=C(C(=O)OCC)C(=O)OCC)C2)C1. The minimum absolute atomic E-state index is 0.156. The summed E-state index contributed by atoms with van der Waals surface area (Å²) in [7, 11) is 0. The number of esters is 2. The molecule has 0 unspecified atom stereocenters. The van der Waals surface area contributed by atoms with Crippen molar-refractivity contribution in [3.05, 3.63) is 11.1 Å². The molecule has 0 aromatic carbocycles. The molecule has 0 heterocycles. The van der Waals surface area contributed by atoms with Gasteiger partial charge in [0.1, 0.15) is 5.57 Å². The Labute approximate surface area is 126 Å². The minimum atomic E-state index is -0.523. The van der Waals surface area contributed by atoms with E-state index in [0.29, 0.717) is 5.41 Å². The van der Waals surface area contributed by atoms with Crippen molar-refractivity contribution in [2.45, 2.75) is 59.3 Å². The first kappa shape index (κ1) is 16.1. The number of ether oxygens (including phenoxy) is 2. The summed E-state index contributed by atoms with van der Waals surface area (Å²) in [5.74, 6) is -0.208. The summed E-state index contributed by atoms with van der Waals surface area (Å²) in [5, 5.41) is 0. The minimum Gasteiger partial charge on any atom is -0.462 e. The van der Waals surface area contributed by atoms with E-state index in [2.05, 4.69) is 6.92 Å². The zero-order valence-corrected chi connectivity index (χ0v) is 13.4. The van der Waals surface area contributed by atoms with Crippen molar-refractivity contribution in [2.75, 3.05) is 13.2 Å². The second-order valence-electron chi connectivity index (χ2n) is 6.34. The summed E-state index contributed by atoms with van der Waals surface area (Å²) in [4.78, 5) is 24.0. The average molecular weight is 294 g/mol. The number of hydrogen-bond acceptors (Lipinski definition) is 4. The van der Waals surface area contributed by atoms with E-state index < -0.39 is 11.9 Å². The van der Waals surface area contributed by atoms with Crippen LogP contribution >= 0.6 is 0 Å². The molecule has 2 aliphatic carbocycles. The highest BCUT2D eigenvalue weighted by Crippen LogP contribution is 2.62. The van der Waals surface area contributed by atoms with Crippen molar-refractivity contribution in [2.24, 2.45) is 11.3 Å². The van der Waals surface area contributed by atoms with E-state index in [1.807, 2.05) is 0 Å². The van der Waals surface area contributed by atoms with Crippen LogP contribution in [0.25, 0.3) is 0 Å². The van der Waals surface area contributed by atoms with Gasteiger partial charge in [-0.05, 0) is 56.4 Å². The molecular weight excluding hydrogens is 268 g/mol. The molecular formula is C17H26O4. The molecule has 4 nitrogen and oxygen atoms in total. The van der Waals surface area contributed by atoms with Crippen molar-refractivity contribution in [3.63, 3.8) is 0 Å². The second-order valence-corrected chi connectivity index (χ2v) is 6.34. The maximum absolute atomic E-state index is 12.0. The zero-order valence-electron chi connectivity index (χ0n) is 13.4. The third-order valence-corrected chi connectivity index (χ3v) is 4.63. The largest absolute Gasteiger partial charge is 0.462 e. The lowest BCUT2D eigenvalue weighted by Crippen LogP contribution is -2.45. The lowest BCUT2D eigenvalue weighted by Gasteiger charge is -2.56. The summed E-state index contributed by atoms with van der Waals surface area (Å²) < 4.78 is 10.0. The van der Waals surface area contributed by atoms with Gasteiger partial charge in [-0.1, -0.05) is 19.8 Å². The fourth-order valence-electron chi connectivity index (χ4n) is 3.87. The molecule has 0 N–H and O–H groups in total. The van der Waals surface area contributed by atoms with Gasteiger partial charge in [0.2, 0.25) is 0 Å². The van der Waals surface area contributed by atoms with Gasteiger partial charge in [0.15, 0.2) is 0 Å². The van der Waals surface area contributed by atoms with E-state index >= 15 is 0 Å². The Kier molecular flexibility index (Phi) is 5.07. The maximum atomic E-state index is 12.0. The Morgan fingerprint density at radius 3 is 2.00 bits per heavy atom. The molecule has 0 saturated heterocycles. The van der Waals surface area contributed by atoms with E-state index in [4.69, 9.17) is 9.47 Å². The van der Waals surface area contributed by atoms with Gasteiger partial charge in [0.25, 0.3) is 0 Å². The van der Waals surface area contributed by atoms with Crippen molar-refractivity contribution < 1.29 is 19.1 Å². The van der Waals surface area contributed by atoms with Crippen LogP contribution in [0, 0.1) is 11.3 Å². The van der Waals surface area contributed by atoms with Gasteiger partial charge in [0, 0.05) is 0 Å². The highest BCUT2D eigenvalue weighted by molar-refractivity contribution is 6.15. The molecule has 0 aromatic rings. The Morgan fingerprint density at radius 2 is 1.57 bits per heavy atom. The van der Waals surface area contributed by atoms with Crippen LogP contribution in [-0.2, 0) is 19.1 Å². The molecule has 2 saturated carbocycles. The predicted molar refractivity (Wildman–Crippen MR) is 79.6 cm³/mol. The molecule has 0 aliphatic heterocycles. The number of carbonyl (C=O) groups excluding carboxylic acids is 2. The summed E-state index contributed by atoms with van der Waals surface area (Å²) in [6.07, 6.45) is 6.73. The smallest absolute Gasteiger partial charge is 0.345 e. The quantitative estimate of drug-likeness (QED) is 0.326. The van der Waals surface area contributed by atoms with Gasteiger partial charge >= 0.3 is 11.9 Å². The standard InChI is InChI=1S/C17H26O4/c1-4-7-12-8-17(9-12)10-13(11-17)14(15(18)20-5-2)16(19)21-6-3/h12H,4-11H2,1-3H3. The van der Waals surface area contributed by atoms with Gasteiger partial charge in [-0.15, -0.1) is 0 Å². The highest BCUT2D eigenvalue weighted by atomic mass is 16.6. The Bertz CT molecular complexity index is 414. The molecule has 21 heavy (non-hydrogen) atoms. The first-order valence-electron chi connectivity index (χ1n) is 8.11. The highest BCUT2D eigenvalue weighted by Gasteiger charge is 2.52. The normalized spacial score (nSPS) is 26.8. The fraction of sp³-hybridized carbons (Fsp3) is 0.765. The van der Waals surface area contributed by atoms with Crippen molar-refractivity contribution >= 4 is 11.9 Å². The molecule has 0 bridgehead atoms. The summed E-state index contributed by atoms with van der Waals surface area (Å²) in [5.41, 5.74) is 1.45. The van der Waals surface area contributed by atoms with E-state index in [0.717, 1.165) is 24.3 Å². The monoisotopic (exact) mass is 294 g/mol. The lowest BCUT2D eigenvalue weighted by atomic mass is 9.49. The van der Waals surface area contributed by atoms with E-state index in [9.17, 15) is 9.59 Å². The van der Waals surface area contributed by atoms with Crippen molar-refractivity contribution in [1.82, 2.24) is 0 Å². The molecule has 0 atom stereocenters. The molecule has 0 aromatic heterocycles. The Hall–Kier alpha value is -1.32. The van der Waals surface area contributed by atoms with Gasteiger partial charge in [-0.2, -0.15) is 0 Å². The van der Waals surface area contributed by atoms with Crippen LogP contribution in [0.15, 0.2) is 11.1 Å². The Balaban J connectivity index is 2.02. The molecule has 0 amide bonds. The molecule has 118 valence electrons. The average Bonchev–Trinajstić information content (AvgIpc) is 2.34. The van der Waals surface area contributed by atoms with Gasteiger partial charge in [0.05, 0.1) is 13.2 Å². The van der Waals surface area contributed by atoms with Crippen LogP contribution in [0.2, 0.25) is 0 Å². The third-order valence-electron chi connectivity index (χ3n) is 4.63. The van der Waals surface area contributed by atoms with Crippen LogP contribution in [0.1, 0.15) is 59.3 Å². The van der Waals surface area contributed by atoms with Gasteiger partial charge in [-0.3, -0.25) is 0 Å². The maximum Gasteiger partial charge on any atom is 0.345 e. The number of hydrogen-bond donors (Lipinski definition) is 0. The summed E-state index contributed by atoms with van der Waals surface area (Å²) >= 11 is 0. The first-order chi connectivity index (χ1) is 10.0. The fourth-order valence-corrected chi connectivity index (χ4v) is 3.87. The number of carbonyl (C=O) groups is 2. The molecule has 1 spiro atoms. The van der Waals surface area contributed by atoms with Crippen molar-refractivity contribution in [3.8, 4) is 0 Å². The number of allylic oxidation sites excluding steroid dienone is 1. The van der Waals surface area contributed by atoms with Crippen LogP contribution in [-0.4, -0.2) is 25.2 Å². The molecule has 0 radical (unpaired) electrons. The van der Waals surface area contributed by atoms with Crippen LogP contribution in [0.4, 0.5) is 0 Å². The van der Waals surface area contributed by atoms with Crippen LogP contribution in [0.3, 0.4) is 0 Å². The van der Waals surface area contributed by atoms with Gasteiger partial charge < -0.3 is 9.47 Å². The molecule has 4 heteroatoms. The van der Waals surface area contributed by atoms with E-state index in [1.165, 1.54) is 25.7 Å². The summed E-state index contributed by atoms with van der Waals surface area (Å²) in [6, 6.07) is 0. The molecule has 2 rings (SSSR count). The molecule has 2 aliphatic rings. The number of rotatable bonds is 6. The second kappa shape index (κ2) is 6.63. The summed E-state index contributed by atoms with van der Waals surface area (Å²) in [6.45, 7) is 6.26. The van der Waals surface area contributed by atoms with E-state index in [-0.39, 0.29) is 18.8 Å². The van der Waals surface area contributed by atoms with Crippen LogP contribution in [0.5, 0.6) is 0 Å². The third kappa shape index (κ3) is 3.30. The Morgan fingerprint density at radius 1 is 1.05 bits per heavy atom. The molecule has 2 fully saturated rings. The van der Waals surface area contributed by atoms with Gasteiger partial charge in [-0.25, -0.2) is 9.59 Å². The predicted octanol–water partition coefficient (Wildman–Crippen LogP) is 3.40.